The highest BCUT2D eigenvalue weighted by molar-refractivity contribution is 6.46. The lowest BCUT2D eigenvalue weighted by Crippen LogP contribution is -3.14. The fourth-order valence-electron chi connectivity index (χ4n) is 3.69. The molecule has 1 unspecified atom stereocenters. The van der Waals surface area contributed by atoms with Crippen molar-refractivity contribution in [1.29, 1.82) is 0 Å². The fourth-order valence-corrected chi connectivity index (χ4v) is 3.69. The molecule has 2 saturated heterocycles. The minimum absolute atomic E-state index is 0.0665. The van der Waals surface area contributed by atoms with Crippen molar-refractivity contribution < 1.29 is 28.7 Å². The first-order valence-corrected chi connectivity index (χ1v) is 9.28. The maximum atomic E-state index is 13.0. The summed E-state index contributed by atoms with van der Waals surface area (Å²) < 4.78 is 10.9. The van der Waals surface area contributed by atoms with Gasteiger partial charge in [-0.05, 0) is 29.8 Å². The number of ether oxygens (including phenoxy) is 1. The Morgan fingerprint density at radius 2 is 1.96 bits per heavy atom. The number of furan rings is 1. The molecule has 2 fully saturated rings. The average molecular weight is 383 g/mol. The molecule has 2 aromatic rings. The van der Waals surface area contributed by atoms with Crippen LogP contribution >= 0.6 is 0 Å². The number of ketones is 1. The second kappa shape index (κ2) is 7.95. The summed E-state index contributed by atoms with van der Waals surface area (Å²) in [5.74, 6) is -1.48. The van der Waals surface area contributed by atoms with Gasteiger partial charge in [-0.2, -0.15) is 0 Å². The molecule has 0 bridgehead atoms. The Hall–Kier alpha value is -2.97. The smallest absolute Gasteiger partial charge is 0.295 e. The molecular weight excluding hydrogens is 362 g/mol. The summed E-state index contributed by atoms with van der Waals surface area (Å²) in [6.45, 7) is 4.11. The third-order valence-electron chi connectivity index (χ3n) is 5.19. The van der Waals surface area contributed by atoms with Gasteiger partial charge in [0.1, 0.15) is 24.9 Å². The number of carbonyl (C=O) groups excluding carboxylic acids is 2. The van der Waals surface area contributed by atoms with E-state index in [4.69, 9.17) is 9.15 Å². The van der Waals surface area contributed by atoms with Crippen molar-refractivity contribution in [3.63, 3.8) is 0 Å². The Morgan fingerprint density at radius 1 is 1.21 bits per heavy atom. The van der Waals surface area contributed by atoms with Crippen molar-refractivity contribution >= 4 is 17.4 Å². The molecule has 8 nitrogen and oxygen atoms in total. The standard InChI is InChI=1S/C20H21N3O5/c24-18(14-3-5-21-6-4-14)16-17(15-2-1-11-28-15)23(20(26)19(16)25)8-7-22-9-12-27-13-10-22/h1-6,11,17,24H,7-10,12-13H2. The van der Waals surface area contributed by atoms with E-state index in [1.165, 1.54) is 40.6 Å². The normalized spacial score (nSPS) is 22.7. The number of hydrogen-bond donors (Lipinski definition) is 1. The van der Waals surface area contributed by atoms with E-state index >= 15 is 0 Å². The van der Waals surface area contributed by atoms with Crippen molar-refractivity contribution in [2.75, 3.05) is 39.4 Å². The molecule has 2 aliphatic rings. The van der Waals surface area contributed by atoms with E-state index in [1.54, 1.807) is 12.1 Å². The summed E-state index contributed by atoms with van der Waals surface area (Å²) in [7, 11) is 0. The predicted octanol–water partition coefficient (Wildman–Crippen LogP) is -1.19. The van der Waals surface area contributed by atoms with Crippen molar-refractivity contribution in [1.82, 2.24) is 9.88 Å². The maximum Gasteiger partial charge on any atom is 0.295 e. The number of carbonyl (C=O) groups is 2. The van der Waals surface area contributed by atoms with E-state index < -0.39 is 23.5 Å². The number of morpholine rings is 1. The number of likely N-dealkylation sites (tertiary alicyclic amines) is 1. The minimum Gasteiger partial charge on any atom is -0.872 e. The molecule has 1 amide bonds. The van der Waals surface area contributed by atoms with Crippen LogP contribution in [-0.4, -0.2) is 61.0 Å². The van der Waals surface area contributed by atoms with Gasteiger partial charge in [0.2, 0.25) is 5.78 Å². The van der Waals surface area contributed by atoms with Crippen LogP contribution in [0.3, 0.4) is 0 Å². The zero-order valence-electron chi connectivity index (χ0n) is 15.3. The molecule has 0 saturated carbocycles. The second-order valence-corrected chi connectivity index (χ2v) is 6.84. The first-order valence-electron chi connectivity index (χ1n) is 9.28. The summed E-state index contributed by atoms with van der Waals surface area (Å²) in [4.78, 5) is 32.2. The van der Waals surface area contributed by atoms with Crippen LogP contribution in [0.2, 0.25) is 0 Å². The van der Waals surface area contributed by atoms with Crippen LogP contribution in [0.5, 0.6) is 0 Å². The third kappa shape index (κ3) is 3.44. The van der Waals surface area contributed by atoms with Crippen LogP contribution in [0.25, 0.3) is 5.76 Å². The van der Waals surface area contributed by atoms with Gasteiger partial charge in [0.25, 0.3) is 5.91 Å². The van der Waals surface area contributed by atoms with Gasteiger partial charge in [0, 0.05) is 18.0 Å². The molecule has 1 atom stereocenters. The molecule has 0 aliphatic carbocycles. The molecular formula is C20H21N3O5. The monoisotopic (exact) mass is 383 g/mol. The largest absolute Gasteiger partial charge is 0.872 e. The number of rotatable bonds is 5. The van der Waals surface area contributed by atoms with Crippen molar-refractivity contribution in [3.05, 3.63) is 59.8 Å². The molecule has 0 aromatic carbocycles. The topological polar surface area (TPSA) is 100 Å². The summed E-state index contributed by atoms with van der Waals surface area (Å²) in [6, 6.07) is 5.63. The summed E-state index contributed by atoms with van der Waals surface area (Å²) in [5.41, 5.74) is 0.256. The lowest BCUT2D eigenvalue weighted by Gasteiger charge is -2.28. The molecule has 4 rings (SSSR count). The highest BCUT2D eigenvalue weighted by atomic mass is 16.5. The molecule has 2 aliphatic heterocycles. The lowest BCUT2D eigenvalue weighted by atomic mass is 10.00. The number of quaternary nitrogens is 1. The Bertz CT molecular complexity index is 873. The van der Waals surface area contributed by atoms with Crippen LogP contribution in [0, 0.1) is 0 Å². The number of pyridine rings is 1. The summed E-state index contributed by atoms with van der Waals surface area (Å²) in [6.07, 6.45) is 4.44. The van der Waals surface area contributed by atoms with Gasteiger partial charge in [-0.25, -0.2) is 0 Å². The van der Waals surface area contributed by atoms with Crippen molar-refractivity contribution in [2.45, 2.75) is 6.04 Å². The van der Waals surface area contributed by atoms with Gasteiger partial charge < -0.3 is 24.1 Å². The first kappa shape index (κ1) is 18.4. The van der Waals surface area contributed by atoms with Gasteiger partial charge in [-0.3, -0.25) is 14.6 Å². The van der Waals surface area contributed by atoms with E-state index in [0.29, 0.717) is 37.6 Å². The molecule has 0 spiro atoms. The van der Waals surface area contributed by atoms with E-state index in [0.717, 1.165) is 13.1 Å². The maximum absolute atomic E-state index is 13.0. The van der Waals surface area contributed by atoms with Crippen LogP contribution in [0.15, 0.2) is 52.9 Å². The Morgan fingerprint density at radius 3 is 2.64 bits per heavy atom. The Kier molecular flexibility index (Phi) is 5.23. The highest BCUT2D eigenvalue weighted by Gasteiger charge is 2.45. The molecule has 28 heavy (non-hydrogen) atoms. The Balaban J connectivity index is 1.68. The second-order valence-electron chi connectivity index (χ2n) is 6.84. The zero-order chi connectivity index (χ0) is 19.5. The van der Waals surface area contributed by atoms with Crippen molar-refractivity contribution in [2.24, 2.45) is 0 Å². The van der Waals surface area contributed by atoms with Crippen molar-refractivity contribution in [3.8, 4) is 0 Å². The third-order valence-corrected chi connectivity index (χ3v) is 5.19. The van der Waals surface area contributed by atoms with E-state index in [-0.39, 0.29) is 5.57 Å². The summed E-state index contributed by atoms with van der Waals surface area (Å²) in [5, 5.41) is 13.0. The molecule has 4 heterocycles. The number of amides is 1. The van der Waals surface area contributed by atoms with Gasteiger partial charge in [-0.1, -0.05) is 5.76 Å². The molecule has 0 radical (unpaired) electrons. The highest BCUT2D eigenvalue weighted by Crippen LogP contribution is 2.38. The minimum atomic E-state index is -0.809. The number of Topliss-reactive ketones (excluding diaryl/α,β-unsaturated/α-hetero) is 1. The fraction of sp³-hybridized carbons (Fsp3) is 0.350. The first-order chi connectivity index (χ1) is 13.7. The predicted molar refractivity (Wildman–Crippen MR) is 95.7 cm³/mol. The van der Waals surface area contributed by atoms with Crippen LogP contribution in [-0.2, 0) is 14.3 Å². The Labute approximate surface area is 162 Å². The van der Waals surface area contributed by atoms with Crippen LogP contribution in [0.4, 0.5) is 0 Å². The van der Waals surface area contributed by atoms with E-state index in [1.807, 2.05) is 0 Å². The number of nitrogens with one attached hydrogen (secondary N) is 1. The number of aromatic nitrogens is 1. The van der Waals surface area contributed by atoms with E-state index in [2.05, 4.69) is 4.98 Å². The van der Waals surface area contributed by atoms with Crippen LogP contribution < -0.4 is 10.0 Å². The molecule has 2 aromatic heterocycles. The van der Waals surface area contributed by atoms with E-state index in [9.17, 15) is 14.7 Å². The molecule has 8 heteroatoms. The zero-order valence-corrected chi connectivity index (χ0v) is 15.3. The number of hydrogen-bond acceptors (Lipinski definition) is 6. The quantitative estimate of drug-likeness (QED) is 0.396. The molecule has 146 valence electrons. The van der Waals surface area contributed by atoms with Gasteiger partial charge >= 0.3 is 0 Å². The van der Waals surface area contributed by atoms with Gasteiger partial charge in [-0.15, -0.1) is 0 Å². The van der Waals surface area contributed by atoms with Gasteiger partial charge in [0.05, 0.1) is 32.6 Å². The SMILES string of the molecule is O=C1C(=O)N(CC[NH+]2CCOCC2)C(c2ccco2)C1=C([O-])c1ccncc1. The number of nitrogens with zero attached hydrogens (tertiary/aromatic N) is 2. The average Bonchev–Trinajstić information content (AvgIpc) is 3.35. The van der Waals surface area contributed by atoms with Gasteiger partial charge in [0.15, 0.2) is 0 Å². The lowest BCUT2D eigenvalue weighted by molar-refractivity contribution is -0.907. The summed E-state index contributed by atoms with van der Waals surface area (Å²) >= 11 is 0. The molecule has 1 N–H and O–H groups in total. The van der Waals surface area contributed by atoms with Crippen LogP contribution in [0.1, 0.15) is 17.4 Å².